The second-order valence-electron chi connectivity index (χ2n) is 6.97. The van der Waals surface area contributed by atoms with Gasteiger partial charge in [0.05, 0.1) is 19.8 Å². The van der Waals surface area contributed by atoms with Gasteiger partial charge >= 0.3 is 5.69 Å². The Balaban J connectivity index is 1.91. The standard InChI is InChI=1S/C18H29N5O3/c1-3-4-5-6-7-8-23-14(13-22-9-11-26-12-10-22)19-16-15(23)17(24)20-18(25)21(16)2/h3-13H2,1-2H3,(H,20,24,25). The molecule has 0 spiro atoms. The third-order valence-corrected chi connectivity index (χ3v) is 5.04. The van der Waals surface area contributed by atoms with Crippen LogP contribution in [0.3, 0.4) is 0 Å². The molecule has 26 heavy (non-hydrogen) atoms. The van der Waals surface area contributed by atoms with E-state index in [4.69, 9.17) is 4.74 Å². The van der Waals surface area contributed by atoms with Crippen molar-refractivity contribution in [1.82, 2.24) is 24.0 Å². The number of aryl methyl sites for hydroxylation is 2. The Kier molecular flexibility index (Phi) is 6.26. The highest BCUT2D eigenvalue weighted by Gasteiger charge is 2.20. The van der Waals surface area contributed by atoms with E-state index in [9.17, 15) is 9.59 Å². The summed E-state index contributed by atoms with van der Waals surface area (Å²) in [6, 6.07) is 0. The van der Waals surface area contributed by atoms with Gasteiger partial charge in [0.2, 0.25) is 0 Å². The van der Waals surface area contributed by atoms with Gasteiger partial charge in [-0.15, -0.1) is 0 Å². The molecule has 1 aliphatic rings. The number of imidazole rings is 1. The quantitative estimate of drug-likeness (QED) is 0.713. The summed E-state index contributed by atoms with van der Waals surface area (Å²) in [5, 5.41) is 0. The Labute approximate surface area is 152 Å². The molecule has 0 aromatic carbocycles. The molecule has 3 heterocycles. The van der Waals surface area contributed by atoms with Gasteiger partial charge in [-0.1, -0.05) is 32.6 Å². The zero-order chi connectivity index (χ0) is 18.5. The lowest BCUT2D eigenvalue weighted by atomic mass is 10.1. The number of ether oxygens (including phenoxy) is 1. The third-order valence-electron chi connectivity index (χ3n) is 5.04. The highest BCUT2D eigenvalue weighted by Crippen LogP contribution is 2.16. The van der Waals surface area contributed by atoms with Crippen LogP contribution in [0.15, 0.2) is 9.59 Å². The van der Waals surface area contributed by atoms with Gasteiger partial charge in [-0.2, -0.15) is 0 Å². The first-order chi connectivity index (χ1) is 12.6. The summed E-state index contributed by atoms with van der Waals surface area (Å²) >= 11 is 0. The van der Waals surface area contributed by atoms with Crippen LogP contribution in [0, 0.1) is 0 Å². The fourth-order valence-corrected chi connectivity index (χ4v) is 3.47. The monoisotopic (exact) mass is 363 g/mol. The van der Waals surface area contributed by atoms with Gasteiger partial charge in [-0.05, 0) is 6.42 Å². The second kappa shape index (κ2) is 8.64. The van der Waals surface area contributed by atoms with E-state index in [-0.39, 0.29) is 5.56 Å². The summed E-state index contributed by atoms with van der Waals surface area (Å²) in [6.45, 7) is 6.77. The van der Waals surface area contributed by atoms with Crippen LogP contribution < -0.4 is 11.2 Å². The lowest BCUT2D eigenvalue weighted by molar-refractivity contribution is 0.0326. The van der Waals surface area contributed by atoms with Gasteiger partial charge < -0.3 is 9.30 Å². The molecule has 1 N–H and O–H groups in total. The van der Waals surface area contributed by atoms with E-state index in [1.807, 2.05) is 4.57 Å². The number of morpholine rings is 1. The number of rotatable bonds is 8. The number of nitrogens with one attached hydrogen (secondary N) is 1. The Morgan fingerprint density at radius 1 is 1.12 bits per heavy atom. The zero-order valence-corrected chi connectivity index (χ0v) is 15.8. The van der Waals surface area contributed by atoms with Crippen LogP contribution in [0.5, 0.6) is 0 Å². The highest BCUT2D eigenvalue weighted by atomic mass is 16.5. The molecule has 0 unspecified atom stereocenters. The molecular weight excluding hydrogens is 334 g/mol. The number of aromatic nitrogens is 4. The molecule has 1 saturated heterocycles. The van der Waals surface area contributed by atoms with Gasteiger partial charge in [0, 0.05) is 26.7 Å². The average Bonchev–Trinajstić information content (AvgIpc) is 2.99. The molecule has 0 amide bonds. The Bertz CT molecular complexity index is 845. The van der Waals surface area contributed by atoms with Crippen LogP contribution in [0.25, 0.3) is 11.2 Å². The van der Waals surface area contributed by atoms with E-state index < -0.39 is 5.69 Å². The average molecular weight is 363 g/mol. The highest BCUT2D eigenvalue weighted by molar-refractivity contribution is 5.70. The molecule has 0 bridgehead atoms. The summed E-state index contributed by atoms with van der Waals surface area (Å²) in [7, 11) is 1.65. The minimum atomic E-state index is -0.423. The predicted octanol–water partition coefficient (Wildman–Crippen LogP) is 1.23. The van der Waals surface area contributed by atoms with E-state index in [0.717, 1.165) is 51.5 Å². The number of hydrogen-bond acceptors (Lipinski definition) is 5. The molecule has 1 aliphatic heterocycles. The molecule has 1 fully saturated rings. The zero-order valence-electron chi connectivity index (χ0n) is 15.8. The Morgan fingerprint density at radius 2 is 1.85 bits per heavy atom. The number of hydrogen-bond donors (Lipinski definition) is 1. The lowest BCUT2D eigenvalue weighted by Crippen LogP contribution is -2.36. The molecule has 8 nitrogen and oxygen atoms in total. The molecule has 8 heteroatoms. The summed E-state index contributed by atoms with van der Waals surface area (Å²) in [5.41, 5.74) is 0.201. The van der Waals surface area contributed by atoms with Crippen molar-refractivity contribution < 1.29 is 4.74 Å². The number of nitrogens with zero attached hydrogens (tertiary/aromatic N) is 4. The van der Waals surface area contributed by atoms with Crippen LogP contribution >= 0.6 is 0 Å². The van der Waals surface area contributed by atoms with Gasteiger partial charge in [0.25, 0.3) is 5.56 Å². The van der Waals surface area contributed by atoms with E-state index >= 15 is 0 Å². The van der Waals surface area contributed by atoms with E-state index in [0.29, 0.717) is 17.7 Å². The Morgan fingerprint density at radius 3 is 2.58 bits per heavy atom. The van der Waals surface area contributed by atoms with Crippen molar-refractivity contribution in [2.75, 3.05) is 26.3 Å². The smallest absolute Gasteiger partial charge is 0.329 e. The van der Waals surface area contributed by atoms with Gasteiger partial charge in [-0.3, -0.25) is 19.2 Å². The molecule has 144 valence electrons. The van der Waals surface area contributed by atoms with Crippen molar-refractivity contribution in [2.24, 2.45) is 7.05 Å². The number of fused-ring (bicyclic) bond motifs is 1. The normalized spacial score (nSPS) is 15.8. The first-order valence-corrected chi connectivity index (χ1v) is 9.60. The first kappa shape index (κ1) is 18.8. The molecule has 2 aromatic rings. The van der Waals surface area contributed by atoms with Crippen molar-refractivity contribution in [3.63, 3.8) is 0 Å². The Hall–Kier alpha value is -1.93. The summed E-state index contributed by atoms with van der Waals surface area (Å²) in [5.74, 6) is 0.851. The van der Waals surface area contributed by atoms with Crippen molar-refractivity contribution >= 4 is 11.2 Å². The van der Waals surface area contributed by atoms with Crippen LogP contribution in [0.2, 0.25) is 0 Å². The van der Waals surface area contributed by atoms with Crippen LogP contribution in [-0.2, 0) is 24.9 Å². The van der Waals surface area contributed by atoms with Crippen molar-refractivity contribution in [1.29, 1.82) is 0 Å². The van der Waals surface area contributed by atoms with Gasteiger partial charge in [0.1, 0.15) is 5.82 Å². The maximum absolute atomic E-state index is 12.4. The summed E-state index contributed by atoms with van der Waals surface area (Å²) in [4.78, 5) is 33.7. The molecule has 0 radical (unpaired) electrons. The number of unbranched alkanes of at least 4 members (excludes halogenated alkanes) is 4. The molecule has 0 atom stereocenters. The summed E-state index contributed by atoms with van der Waals surface area (Å²) in [6.07, 6.45) is 5.78. The maximum atomic E-state index is 12.4. The van der Waals surface area contributed by atoms with Crippen molar-refractivity contribution in [3.8, 4) is 0 Å². The van der Waals surface area contributed by atoms with Crippen LogP contribution in [0.1, 0.15) is 44.9 Å². The fourth-order valence-electron chi connectivity index (χ4n) is 3.47. The fraction of sp³-hybridized carbons (Fsp3) is 0.722. The first-order valence-electron chi connectivity index (χ1n) is 9.60. The molecule has 2 aromatic heterocycles. The third kappa shape index (κ3) is 4.07. The van der Waals surface area contributed by atoms with Crippen LogP contribution in [-0.4, -0.2) is 50.3 Å². The van der Waals surface area contributed by atoms with E-state index in [1.165, 1.54) is 23.8 Å². The van der Waals surface area contributed by atoms with Gasteiger partial charge in [0.15, 0.2) is 11.2 Å². The second-order valence-corrected chi connectivity index (χ2v) is 6.97. The van der Waals surface area contributed by atoms with E-state index in [2.05, 4.69) is 21.8 Å². The maximum Gasteiger partial charge on any atom is 0.329 e. The number of aromatic amines is 1. The molecular formula is C18H29N5O3. The number of H-pyrrole nitrogens is 1. The SMILES string of the molecule is CCCCCCCn1c(CN2CCOCC2)nc2c1c(=O)[nH]c(=O)n2C. The molecule has 0 aliphatic carbocycles. The minimum absolute atomic E-state index is 0.350. The van der Waals surface area contributed by atoms with Crippen molar-refractivity contribution in [3.05, 3.63) is 26.7 Å². The molecule has 0 saturated carbocycles. The van der Waals surface area contributed by atoms with E-state index in [1.54, 1.807) is 7.05 Å². The lowest BCUT2D eigenvalue weighted by Gasteiger charge is -2.26. The van der Waals surface area contributed by atoms with Crippen LogP contribution in [0.4, 0.5) is 0 Å². The largest absolute Gasteiger partial charge is 0.379 e. The van der Waals surface area contributed by atoms with Gasteiger partial charge in [-0.25, -0.2) is 9.78 Å². The minimum Gasteiger partial charge on any atom is -0.379 e. The topological polar surface area (TPSA) is 85.2 Å². The predicted molar refractivity (Wildman–Crippen MR) is 100 cm³/mol. The van der Waals surface area contributed by atoms with Crippen molar-refractivity contribution in [2.45, 2.75) is 52.1 Å². The summed E-state index contributed by atoms with van der Waals surface area (Å²) < 4.78 is 8.85. The molecule has 3 rings (SSSR count).